The third kappa shape index (κ3) is 1.87. The van der Waals surface area contributed by atoms with E-state index in [2.05, 4.69) is 0 Å². The Morgan fingerprint density at radius 1 is 1.00 bits per heavy atom. The number of non-ortho nitro benzene ring substituents is 1. The summed E-state index contributed by atoms with van der Waals surface area (Å²) >= 11 is 0. The molecule has 8 heteroatoms. The number of nitrogens with zero attached hydrogens (tertiary/aromatic N) is 4. The molecule has 8 nitrogen and oxygen atoms in total. The lowest BCUT2D eigenvalue weighted by Crippen LogP contribution is -2.32. The first-order valence-corrected chi connectivity index (χ1v) is 5.86. The molecule has 102 valence electrons. The van der Waals surface area contributed by atoms with Crippen LogP contribution in [0.5, 0.6) is 0 Å². The lowest BCUT2D eigenvalue weighted by molar-refractivity contribution is -0.384. The van der Waals surface area contributed by atoms with Crippen molar-refractivity contribution in [3.05, 3.63) is 67.2 Å². The van der Waals surface area contributed by atoms with E-state index < -0.39 is 4.92 Å². The van der Waals surface area contributed by atoms with E-state index in [9.17, 15) is 19.7 Å². The molecule has 0 fully saturated rings. The van der Waals surface area contributed by atoms with Crippen LogP contribution in [0.25, 0.3) is 0 Å². The number of anilines is 1. The summed E-state index contributed by atoms with van der Waals surface area (Å²) < 4.78 is 2.61. The maximum Gasteiger partial charge on any atom is 0.271 e. The number of hydrogen-bond donors (Lipinski definition) is 0. The minimum atomic E-state index is -0.481. The minimum Gasteiger partial charge on any atom is -0.332 e. The Bertz CT molecular complexity index is 769. The summed E-state index contributed by atoms with van der Waals surface area (Å²) in [6.07, 6.45) is 0. The summed E-state index contributed by atoms with van der Waals surface area (Å²) in [7, 11) is 0. The number of nitro benzene ring substituents is 1. The molecule has 0 atom stereocenters. The highest BCUT2D eigenvalue weighted by atomic mass is 16.6. The molecule has 20 heavy (non-hydrogen) atoms. The fourth-order valence-electron chi connectivity index (χ4n) is 2.18. The molecule has 0 saturated carbocycles. The van der Waals surface area contributed by atoms with Gasteiger partial charge in [-0.1, -0.05) is 6.07 Å². The van der Waals surface area contributed by atoms with Gasteiger partial charge in [0.2, 0.25) is 0 Å². The molecule has 0 amide bonds. The second kappa shape index (κ2) is 4.34. The van der Waals surface area contributed by atoms with Gasteiger partial charge < -0.3 is 4.90 Å². The van der Waals surface area contributed by atoms with E-state index >= 15 is 0 Å². The van der Waals surface area contributed by atoms with E-state index in [0.29, 0.717) is 5.69 Å². The second-order valence-electron chi connectivity index (χ2n) is 4.41. The van der Waals surface area contributed by atoms with Gasteiger partial charge in [0, 0.05) is 30.0 Å². The topological polar surface area (TPSA) is 90.4 Å². The van der Waals surface area contributed by atoms with Crippen LogP contribution < -0.4 is 16.0 Å². The van der Waals surface area contributed by atoms with Crippen molar-refractivity contribution in [1.29, 1.82) is 0 Å². The Kier molecular flexibility index (Phi) is 2.63. The van der Waals surface area contributed by atoms with Gasteiger partial charge in [0.1, 0.15) is 13.3 Å². The lowest BCUT2D eigenvalue weighted by Gasteiger charge is -2.15. The highest BCUT2D eigenvalue weighted by molar-refractivity contribution is 5.52. The van der Waals surface area contributed by atoms with Gasteiger partial charge in [-0.15, -0.1) is 0 Å². The van der Waals surface area contributed by atoms with E-state index in [1.54, 1.807) is 17.0 Å². The van der Waals surface area contributed by atoms with Gasteiger partial charge in [0.05, 0.1) is 4.92 Å². The van der Waals surface area contributed by atoms with Gasteiger partial charge in [-0.05, 0) is 6.07 Å². The van der Waals surface area contributed by atoms with Crippen molar-refractivity contribution in [2.24, 2.45) is 0 Å². The quantitative estimate of drug-likeness (QED) is 0.582. The summed E-state index contributed by atoms with van der Waals surface area (Å²) in [5.74, 6) is 0. The maximum absolute atomic E-state index is 11.7. The molecule has 1 aliphatic heterocycles. The molecule has 1 aromatic carbocycles. The van der Waals surface area contributed by atoms with E-state index in [0.717, 1.165) is 0 Å². The number of aromatic nitrogens is 2. The van der Waals surface area contributed by atoms with Gasteiger partial charge in [-0.3, -0.25) is 19.7 Å². The zero-order valence-electron chi connectivity index (χ0n) is 10.3. The maximum atomic E-state index is 11.7. The largest absolute Gasteiger partial charge is 0.332 e. The van der Waals surface area contributed by atoms with Crippen molar-refractivity contribution in [2.45, 2.75) is 13.3 Å². The van der Waals surface area contributed by atoms with E-state index in [1.807, 2.05) is 0 Å². The van der Waals surface area contributed by atoms with Gasteiger partial charge in [0.15, 0.2) is 0 Å². The van der Waals surface area contributed by atoms with Gasteiger partial charge in [-0.25, -0.2) is 9.36 Å². The van der Waals surface area contributed by atoms with Crippen LogP contribution in [0, 0.1) is 10.1 Å². The van der Waals surface area contributed by atoms with Crippen molar-refractivity contribution < 1.29 is 4.92 Å². The van der Waals surface area contributed by atoms with E-state index in [1.165, 1.54) is 33.6 Å². The summed E-state index contributed by atoms with van der Waals surface area (Å²) in [5.41, 5.74) is 0.00223. The standard InChI is InChI=1S/C12H10N4O4/c17-11-4-5-12(18)15-8-13(7-14(11)15)9-2-1-3-10(6-9)16(19)20/h1-6H,7-8H2. The highest BCUT2D eigenvalue weighted by Crippen LogP contribution is 2.23. The fraction of sp³-hybridized carbons (Fsp3) is 0.167. The molecule has 0 radical (unpaired) electrons. The number of nitro groups is 1. The Labute approximate surface area is 112 Å². The van der Waals surface area contributed by atoms with Crippen LogP contribution >= 0.6 is 0 Å². The first-order valence-electron chi connectivity index (χ1n) is 5.86. The zero-order valence-corrected chi connectivity index (χ0v) is 10.3. The molecule has 3 rings (SSSR count). The molecular weight excluding hydrogens is 264 g/mol. The van der Waals surface area contributed by atoms with Gasteiger partial charge in [-0.2, -0.15) is 0 Å². The Balaban J connectivity index is 2.00. The molecule has 1 aliphatic rings. The molecule has 0 aliphatic carbocycles. The van der Waals surface area contributed by atoms with E-state index in [-0.39, 0.29) is 30.1 Å². The average Bonchev–Trinajstić information content (AvgIpc) is 2.89. The molecule has 0 N–H and O–H groups in total. The van der Waals surface area contributed by atoms with Gasteiger partial charge in [0.25, 0.3) is 16.8 Å². The van der Waals surface area contributed by atoms with Crippen LogP contribution in [-0.4, -0.2) is 14.3 Å². The van der Waals surface area contributed by atoms with Crippen molar-refractivity contribution in [3.63, 3.8) is 0 Å². The minimum absolute atomic E-state index is 0.0295. The number of fused-ring (bicyclic) bond motifs is 1. The fourth-order valence-corrected chi connectivity index (χ4v) is 2.18. The lowest BCUT2D eigenvalue weighted by atomic mass is 10.2. The molecule has 0 spiro atoms. The zero-order chi connectivity index (χ0) is 14.3. The summed E-state index contributed by atoms with van der Waals surface area (Å²) in [6, 6.07) is 8.52. The van der Waals surface area contributed by atoms with Crippen LogP contribution in [0.1, 0.15) is 0 Å². The number of benzene rings is 1. The molecule has 0 unspecified atom stereocenters. The number of rotatable bonds is 2. The summed E-state index contributed by atoms with van der Waals surface area (Å²) in [6.45, 7) is 0.381. The third-order valence-electron chi connectivity index (χ3n) is 3.18. The van der Waals surface area contributed by atoms with Crippen molar-refractivity contribution in [3.8, 4) is 0 Å². The van der Waals surface area contributed by atoms with Crippen LogP contribution in [-0.2, 0) is 13.3 Å². The molecular formula is C12H10N4O4. The van der Waals surface area contributed by atoms with Gasteiger partial charge >= 0.3 is 0 Å². The number of hydrogen-bond acceptors (Lipinski definition) is 5. The van der Waals surface area contributed by atoms with Crippen molar-refractivity contribution in [1.82, 2.24) is 9.36 Å². The summed E-state index contributed by atoms with van der Waals surface area (Å²) in [4.78, 5) is 35.4. The predicted molar refractivity (Wildman–Crippen MR) is 70.5 cm³/mol. The van der Waals surface area contributed by atoms with Crippen molar-refractivity contribution >= 4 is 11.4 Å². The predicted octanol–water partition coefficient (Wildman–Crippen LogP) is 0.353. The van der Waals surface area contributed by atoms with Crippen molar-refractivity contribution in [2.75, 3.05) is 4.90 Å². The first-order chi connectivity index (χ1) is 9.56. The monoisotopic (exact) mass is 274 g/mol. The van der Waals surface area contributed by atoms with Crippen LogP contribution in [0.4, 0.5) is 11.4 Å². The van der Waals surface area contributed by atoms with E-state index in [4.69, 9.17) is 0 Å². The first kappa shape index (κ1) is 12.2. The second-order valence-corrected chi connectivity index (χ2v) is 4.41. The third-order valence-corrected chi connectivity index (χ3v) is 3.18. The Morgan fingerprint density at radius 3 is 2.15 bits per heavy atom. The smallest absolute Gasteiger partial charge is 0.271 e. The molecule has 0 saturated heterocycles. The molecule has 0 bridgehead atoms. The van der Waals surface area contributed by atoms with Crippen LogP contribution in [0.3, 0.4) is 0 Å². The Hall–Kier alpha value is -2.90. The normalized spacial score (nSPS) is 13.3. The molecule has 2 heterocycles. The highest BCUT2D eigenvalue weighted by Gasteiger charge is 2.21. The SMILES string of the molecule is O=c1ccc(=O)n2n1CN(c1cccc([N+](=O)[O-])c1)C2. The Morgan fingerprint density at radius 2 is 1.60 bits per heavy atom. The molecule has 1 aromatic heterocycles. The average molecular weight is 274 g/mol. The van der Waals surface area contributed by atoms with Crippen LogP contribution in [0.2, 0.25) is 0 Å². The molecule has 2 aromatic rings. The van der Waals surface area contributed by atoms with Crippen LogP contribution in [0.15, 0.2) is 46.0 Å². The summed E-state index contributed by atoms with van der Waals surface area (Å²) in [5, 5.41) is 10.8.